The molecule has 0 bridgehead atoms. The first-order chi connectivity index (χ1) is 11.1. The lowest BCUT2D eigenvalue weighted by molar-refractivity contribution is -0.117. The molecule has 1 saturated heterocycles. The minimum absolute atomic E-state index is 0.0356. The normalized spacial score (nSPS) is 17.3. The highest BCUT2D eigenvalue weighted by atomic mass is 35.5. The van der Waals surface area contributed by atoms with E-state index in [1.807, 2.05) is 30.3 Å². The number of primary amides is 1. The van der Waals surface area contributed by atoms with Gasteiger partial charge in [0.2, 0.25) is 5.91 Å². The van der Waals surface area contributed by atoms with Crippen LogP contribution in [0.3, 0.4) is 0 Å². The highest BCUT2D eigenvalue weighted by molar-refractivity contribution is 6.34. The average molecular weight is 330 g/mol. The fraction of sp³-hybridized carbons (Fsp3) is 0.176. The molecule has 1 aliphatic heterocycles. The monoisotopic (exact) mass is 329 g/mol. The number of nitrogens with two attached hydrogens (primary N) is 1. The van der Waals surface area contributed by atoms with E-state index in [0.717, 1.165) is 5.69 Å². The van der Waals surface area contributed by atoms with Gasteiger partial charge in [-0.3, -0.25) is 9.59 Å². The third kappa shape index (κ3) is 3.00. The Morgan fingerprint density at radius 3 is 2.61 bits per heavy atom. The summed E-state index contributed by atoms with van der Waals surface area (Å²) in [5, 5.41) is 3.38. The molecular weight excluding hydrogens is 314 g/mol. The van der Waals surface area contributed by atoms with Gasteiger partial charge in [0.15, 0.2) is 0 Å². The third-order valence-corrected chi connectivity index (χ3v) is 4.18. The molecule has 0 radical (unpaired) electrons. The number of nitrogens with one attached hydrogen (secondary N) is 1. The van der Waals surface area contributed by atoms with Crippen molar-refractivity contribution >= 4 is 34.8 Å². The molecule has 0 spiro atoms. The maximum absolute atomic E-state index is 12.6. The molecule has 6 heteroatoms. The Morgan fingerprint density at radius 1 is 1.17 bits per heavy atom. The van der Waals surface area contributed by atoms with Crippen LogP contribution < -0.4 is 16.0 Å². The summed E-state index contributed by atoms with van der Waals surface area (Å²) in [5.41, 5.74) is 6.94. The van der Waals surface area contributed by atoms with Gasteiger partial charge in [0.05, 0.1) is 10.6 Å². The number of rotatable bonds is 4. The predicted octanol–water partition coefficient (Wildman–Crippen LogP) is 2.66. The number of carbonyl (C=O) groups excluding carboxylic acids is 2. The van der Waals surface area contributed by atoms with Crippen LogP contribution in [0.2, 0.25) is 5.02 Å². The van der Waals surface area contributed by atoms with Gasteiger partial charge in [0, 0.05) is 17.9 Å². The van der Waals surface area contributed by atoms with E-state index in [9.17, 15) is 9.59 Å². The van der Waals surface area contributed by atoms with E-state index in [2.05, 4.69) is 5.32 Å². The molecule has 0 unspecified atom stereocenters. The number of halogens is 1. The largest absolute Gasteiger partial charge is 0.373 e. The van der Waals surface area contributed by atoms with Crippen molar-refractivity contribution in [1.82, 2.24) is 0 Å². The number of carbonyl (C=O) groups is 2. The standard InChI is InChI=1S/C17H16ClN3O2/c18-12-7-4-8-13(15(12)16(19)22)20-14-9-10-21(17(14)23)11-5-2-1-3-6-11/h1-8,14,20H,9-10H2,(H2,19,22)/t14-/m0/s1. The van der Waals surface area contributed by atoms with Gasteiger partial charge in [-0.05, 0) is 30.7 Å². The highest BCUT2D eigenvalue weighted by Gasteiger charge is 2.33. The first-order valence-electron chi connectivity index (χ1n) is 7.29. The van der Waals surface area contributed by atoms with Gasteiger partial charge in [-0.15, -0.1) is 0 Å². The first-order valence-corrected chi connectivity index (χ1v) is 7.67. The minimum Gasteiger partial charge on any atom is -0.373 e. The number of benzene rings is 2. The van der Waals surface area contributed by atoms with Crippen molar-refractivity contribution in [3.05, 3.63) is 59.1 Å². The zero-order valence-electron chi connectivity index (χ0n) is 12.3. The molecule has 2 aromatic rings. The fourth-order valence-corrected chi connectivity index (χ4v) is 3.03. The Labute approximate surface area is 139 Å². The molecule has 3 N–H and O–H groups in total. The van der Waals surface area contributed by atoms with E-state index in [-0.39, 0.29) is 16.5 Å². The summed E-state index contributed by atoms with van der Waals surface area (Å²) in [6.07, 6.45) is 0.637. The predicted molar refractivity (Wildman–Crippen MR) is 90.8 cm³/mol. The summed E-state index contributed by atoms with van der Waals surface area (Å²) >= 11 is 6.03. The Morgan fingerprint density at radius 2 is 1.91 bits per heavy atom. The Hall–Kier alpha value is -2.53. The van der Waals surface area contributed by atoms with E-state index in [1.54, 1.807) is 23.1 Å². The Balaban J connectivity index is 1.82. The number of amides is 2. The van der Waals surface area contributed by atoms with Gasteiger partial charge in [0.25, 0.3) is 5.91 Å². The molecule has 0 aliphatic carbocycles. The van der Waals surface area contributed by atoms with Crippen LogP contribution in [0.25, 0.3) is 0 Å². The summed E-state index contributed by atoms with van der Waals surface area (Å²) < 4.78 is 0. The van der Waals surface area contributed by atoms with Gasteiger partial charge in [0.1, 0.15) is 6.04 Å². The summed E-state index contributed by atoms with van der Waals surface area (Å²) in [6, 6.07) is 14.1. The summed E-state index contributed by atoms with van der Waals surface area (Å²) in [4.78, 5) is 25.9. The molecule has 3 rings (SSSR count). The van der Waals surface area contributed by atoms with Crippen LogP contribution in [0, 0.1) is 0 Å². The minimum atomic E-state index is -0.622. The Bertz CT molecular complexity index is 749. The lowest BCUT2D eigenvalue weighted by Crippen LogP contribution is -2.34. The molecule has 0 aromatic heterocycles. The van der Waals surface area contributed by atoms with Crippen LogP contribution in [0.5, 0.6) is 0 Å². The van der Waals surface area contributed by atoms with Gasteiger partial charge in [-0.25, -0.2) is 0 Å². The zero-order chi connectivity index (χ0) is 16.4. The van der Waals surface area contributed by atoms with E-state index in [1.165, 1.54) is 0 Å². The molecule has 118 valence electrons. The number of hydrogen-bond donors (Lipinski definition) is 2. The number of anilines is 2. The zero-order valence-corrected chi connectivity index (χ0v) is 13.1. The van der Waals surface area contributed by atoms with Crippen molar-refractivity contribution in [3.63, 3.8) is 0 Å². The maximum Gasteiger partial charge on any atom is 0.252 e. The van der Waals surface area contributed by atoms with Gasteiger partial charge < -0.3 is 16.0 Å². The van der Waals surface area contributed by atoms with E-state index in [0.29, 0.717) is 18.7 Å². The van der Waals surface area contributed by atoms with E-state index in [4.69, 9.17) is 17.3 Å². The topological polar surface area (TPSA) is 75.4 Å². The first kappa shape index (κ1) is 15.4. The number of para-hydroxylation sites is 1. The lowest BCUT2D eigenvalue weighted by Gasteiger charge is -2.18. The van der Waals surface area contributed by atoms with E-state index >= 15 is 0 Å². The summed E-state index contributed by atoms with van der Waals surface area (Å²) in [7, 11) is 0. The molecule has 5 nitrogen and oxygen atoms in total. The van der Waals surface area contributed by atoms with Crippen LogP contribution >= 0.6 is 11.6 Å². The molecule has 2 aromatic carbocycles. The second-order valence-electron chi connectivity index (χ2n) is 5.34. The molecule has 2 amide bonds. The van der Waals surface area contributed by atoms with Gasteiger partial charge >= 0.3 is 0 Å². The van der Waals surface area contributed by atoms with E-state index < -0.39 is 11.9 Å². The summed E-state index contributed by atoms with van der Waals surface area (Å²) in [6.45, 7) is 0.618. The molecule has 1 fully saturated rings. The molecule has 0 saturated carbocycles. The maximum atomic E-state index is 12.6. The van der Waals surface area contributed by atoms with Crippen LogP contribution in [-0.4, -0.2) is 24.4 Å². The lowest BCUT2D eigenvalue weighted by atomic mass is 10.1. The quantitative estimate of drug-likeness (QED) is 0.905. The number of hydrogen-bond acceptors (Lipinski definition) is 3. The highest BCUT2D eigenvalue weighted by Crippen LogP contribution is 2.28. The molecule has 23 heavy (non-hydrogen) atoms. The Kier molecular flexibility index (Phi) is 4.21. The van der Waals surface area contributed by atoms with Crippen molar-refractivity contribution in [2.75, 3.05) is 16.8 Å². The van der Waals surface area contributed by atoms with Crippen molar-refractivity contribution in [2.45, 2.75) is 12.5 Å². The SMILES string of the molecule is NC(=O)c1c(Cl)cccc1N[C@H]1CCN(c2ccccc2)C1=O. The smallest absolute Gasteiger partial charge is 0.252 e. The molecule has 1 heterocycles. The van der Waals surface area contributed by atoms with Crippen molar-refractivity contribution in [3.8, 4) is 0 Å². The van der Waals surface area contributed by atoms with Crippen LogP contribution in [-0.2, 0) is 4.79 Å². The van der Waals surface area contributed by atoms with Crippen LogP contribution in [0.15, 0.2) is 48.5 Å². The van der Waals surface area contributed by atoms with Crippen molar-refractivity contribution in [2.24, 2.45) is 5.73 Å². The third-order valence-electron chi connectivity index (χ3n) is 3.86. The molecule has 1 atom stereocenters. The van der Waals surface area contributed by atoms with Crippen LogP contribution in [0.1, 0.15) is 16.8 Å². The molecular formula is C17H16ClN3O2. The second-order valence-corrected chi connectivity index (χ2v) is 5.74. The van der Waals surface area contributed by atoms with Crippen molar-refractivity contribution < 1.29 is 9.59 Å². The van der Waals surface area contributed by atoms with Crippen molar-refractivity contribution in [1.29, 1.82) is 0 Å². The summed E-state index contributed by atoms with van der Waals surface area (Å²) in [5.74, 6) is -0.657. The average Bonchev–Trinajstić information content (AvgIpc) is 2.89. The number of nitrogens with zero attached hydrogens (tertiary/aromatic N) is 1. The van der Waals surface area contributed by atoms with Gasteiger partial charge in [-0.2, -0.15) is 0 Å². The fourth-order valence-electron chi connectivity index (χ4n) is 2.76. The molecule has 1 aliphatic rings. The van der Waals surface area contributed by atoms with Crippen LogP contribution in [0.4, 0.5) is 11.4 Å². The second kappa shape index (κ2) is 6.30. The van der Waals surface area contributed by atoms with Gasteiger partial charge in [-0.1, -0.05) is 35.9 Å².